The summed E-state index contributed by atoms with van der Waals surface area (Å²) in [6.45, 7) is 6.19. The van der Waals surface area contributed by atoms with Crippen LogP contribution in [0.1, 0.15) is 20.8 Å². The summed E-state index contributed by atoms with van der Waals surface area (Å²) in [6, 6.07) is 0. The Morgan fingerprint density at radius 2 is 1.50 bits per heavy atom. The zero-order valence-electron chi connectivity index (χ0n) is 4.49. The summed E-state index contributed by atoms with van der Waals surface area (Å²) < 4.78 is 5.10. The third kappa shape index (κ3) is 4.84. The molecule has 0 heterocycles. The van der Waals surface area contributed by atoms with Crippen LogP contribution in [-0.2, 0) is 2.81 Å². The predicted octanol–water partition coefficient (Wildman–Crippen LogP) is 0.350. The van der Waals surface area contributed by atoms with Crippen LogP contribution in [0, 0.1) is 0 Å². The van der Waals surface area contributed by atoms with Crippen molar-refractivity contribution >= 4 is 25.2 Å². The summed E-state index contributed by atoms with van der Waals surface area (Å²) in [7, 11) is 0. The van der Waals surface area contributed by atoms with Gasteiger partial charge in [0, 0.05) is 0 Å². The molecule has 0 aliphatic carbocycles. The first-order chi connectivity index (χ1) is 2.56. The van der Waals surface area contributed by atoms with Crippen LogP contribution in [0.25, 0.3) is 0 Å². The van der Waals surface area contributed by atoms with Crippen LogP contribution in [0.4, 0.5) is 0 Å². The molecule has 38 valence electrons. The Labute approximate surface area is 54.5 Å². The summed E-state index contributed by atoms with van der Waals surface area (Å²) in [6.07, 6.45) is 0. The van der Waals surface area contributed by atoms with E-state index in [-0.39, 0.29) is 5.60 Å². The third-order valence-electron chi connectivity index (χ3n) is 0.354. The number of rotatable bonds is 0. The van der Waals surface area contributed by atoms with Crippen molar-refractivity contribution in [1.29, 1.82) is 0 Å². The van der Waals surface area contributed by atoms with Crippen LogP contribution in [0.3, 0.4) is 0 Å². The Kier molecular flexibility index (Phi) is 2.54. The van der Waals surface area contributed by atoms with E-state index < -0.39 is 0 Å². The van der Waals surface area contributed by atoms with E-state index in [0.29, 0.717) is 25.2 Å². The Morgan fingerprint density at radius 1 is 1.33 bits per heavy atom. The molecule has 0 aromatic rings. The molecule has 0 saturated heterocycles. The molecule has 0 amide bonds. The molecule has 0 aromatic heterocycles. The van der Waals surface area contributed by atoms with Crippen molar-refractivity contribution in [3.63, 3.8) is 0 Å². The second-order valence-corrected chi connectivity index (χ2v) is 3.15. The topological polar surface area (TPSA) is 9.23 Å². The van der Waals surface area contributed by atoms with Crippen molar-refractivity contribution in [3.8, 4) is 0 Å². The van der Waals surface area contributed by atoms with E-state index in [1.54, 1.807) is 0 Å². The summed E-state index contributed by atoms with van der Waals surface area (Å²) in [4.78, 5) is 0. The predicted molar refractivity (Wildman–Crippen MR) is 29.4 cm³/mol. The molecule has 0 aromatic carbocycles. The maximum absolute atomic E-state index is 5.10. The van der Waals surface area contributed by atoms with Gasteiger partial charge in [-0.25, -0.2) is 0 Å². The van der Waals surface area contributed by atoms with Gasteiger partial charge in [0.15, 0.2) is 0 Å². The monoisotopic (exact) mass is 284 g/mol. The van der Waals surface area contributed by atoms with Crippen molar-refractivity contribution in [2.45, 2.75) is 26.4 Å². The van der Waals surface area contributed by atoms with Crippen molar-refractivity contribution in [2.75, 3.05) is 0 Å². The molecule has 0 atom stereocenters. The fourth-order valence-electron chi connectivity index (χ4n) is 0. The van der Waals surface area contributed by atoms with E-state index in [0.717, 1.165) is 0 Å². The first kappa shape index (κ1) is 6.84. The van der Waals surface area contributed by atoms with Crippen LogP contribution < -0.4 is 0 Å². The fraction of sp³-hybridized carbons (Fsp3) is 1.00. The van der Waals surface area contributed by atoms with Crippen LogP contribution in [0.2, 0.25) is 0 Å². The molecular formula is C4H11BiO. The summed E-state index contributed by atoms with van der Waals surface area (Å²) in [5, 5.41) is 0. The summed E-state index contributed by atoms with van der Waals surface area (Å²) in [5.41, 5.74) is 0.116. The minimum atomic E-state index is 0.116. The SMILES string of the molecule is CC(C)(C)[O][BiH2]. The van der Waals surface area contributed by atoms with E-state index in [1.165, 1.54) is 0 Å². The molecule has 0 fully saturated rings. The normalized spacial score (nSPS) is 12.0. The van der Waals surface area contributed by atoms with Gasteiger partial charge in [0.25, 0.3) is 0 Å². The molecular weight excluding hydrogens is 273 g/mol. The van der Waals surface area contributed by atoms with Gasteiger partial charge in [0.1, 0.15) is 0 Å². The van der Waals surface area contributed by atoms with E-state index >= 15 is 0 Å². The van der Waals surface area contributed by atoms with Gasteiger partial charge in [-0.05, 0) is 0 Å². The van der Waals surface area contributed by atoms with Crippen LogP contribution >= 0.6 is 0 Å². The zero-order valence-corrected chi connectivity index (χ0v) is 8.97. The maximum atomic E-state index is 5.10. The summed E-state index contributed by atoms with van der Waals surface area (Å²) in [5.74, 6) is 0. The second kappa shape index (κ2) is 2.23. The van der Waals surface area contributed by atoms with Gasteiger partial charge in [-0.15, -0.1) is 0 Å². The van der Waals surface area contributed by atoms with Crippen LogP contribution in [-0.4, -0.2) is 30.8 Å². The number of hydrogen-bond acceptors (Lipinski definition) is 1. The van der Waals surface area contributed by atoms with Gasteiger partial charge in [0.05, 0.1) is 0 Å². The quantitative estimate of drug-likeness (QED) is 0.583. The fourth-order valence-corrected chi connectivity index (χ4v) is 0. The molecule has 0 saturated carbocycles. The molecule has 0 spiro atoms. The molecule has 0 aliphatic rings. The summed E-state index contributed by atoms with van der Waals surface area (Å²) >= 11 is 0.676. The third-order valence-corrected chi connectivity index (χ3v) is 3.10. The first-order valence-electron chi connectivity index (χ1n) is 1.94. The van der Waals surface area contributed by atoms with Crippen molar-refractivity contribution in [2.24, 2.45) is 0 Å². The van der Waals surface area contributed by atoms with E-state index in [4.69, 9.17) is 2.81 Å². The molecule has 0 aliphatic heterocycles. The van der Waals surface area contributed by atoms with Gasteiger partial charge in [-0.1, -0.05) is 0 Å². The minimum absolute atomic E-state index is 0.116. The molecule has 0 rings (SSSR count). The molecule has 0 radical (unpaired) electrons. The Morgan fingerprint density at radius 3 is 1.50 bits per heavy atom. The van der Waals surface area contributed by atoms with Crippen molar-refractivity contribution in [1.82, 2.24) is 0 Å². The van der Waals surface area contributed by atoms with Crippen molar-refractivity contribution in [3.05, 3.63) is 0 Å². The molecule has 2 heteroatoms. The number of hydrogen-bond donors (Lipinski definition) is 0. The Bertz CT molecular complexity index is 37.3. The Balaban J connectivity index is 3.17. The van der Waals surface area contributed by atoms with E-state index in [1.807, 2.05) is 0 Å². The Hall–Kier alpha value is 0.843. The average Bonchev–Trinajstić information content (AvgIpc) is 1.35. The van der Waals surface area contributed by atoms with Gasteiger partial charge < -0.3 is 0 Å². The molecule has 6 heavy (non-hydrogen) atoms. The molecule has 0 N–H and O–H groups in total. The van der Waals surface area contributed by atoms with Gasteiger partial charge in [-0.2, -0.15) is 0 Å². The first-order valence-corrected chi connectivity index (χ1v) is 3.77. The van der Waals surface area contributed by atoms with Crippen LogP contribution in [0.5, 0.6) is 0 Å². The second-order valence-electron chi connectivity index (χ2n) is 2.23. The zero-order chi connectivity index (χ0) is 5.21. The van der Waals surface area contributed by atoms with Crippen LogP contribution in [0.15, 0.2) is 0 Å². The average molecular weight is 284 g/mol. The molecule has 0 unspecified atom stereocenters. The van der Waals surface area contributed by atoms with Crippen molar-refractivity contribution < 1.29 is 2.81 Å². The van der Waals surface area contributed by atoms with Gasteiger partial charge >= 0.3 is 54.3 Å². The molecule has 0 bridgehead atoms. The van der Waals surface area contributed by atoms with E-state index in [2.05, 4.69) is 20.8 Å². The van der Waals surface area contributed by atoms with Gasteiger partial charge in [0.2, 0.25) is 0 Å². The van der Waals surface area contributed by atoms with E-state index in [9.17, 15) is 0 Å². The molecule has 1 nitrogen and oxygen atoms in total. The standard InChI is InChI=1S/C4H9O.Bi.2H/c1-4(2,3)5;;;/h1-3H3;;;/q-1;+1;;. The van der Waals surface area contributed by atoms with Gasteiger partial charge in [-0.3, -0.25) is 0 Å².